The number of carboxylic acids is 1. The van der Waals surface area contributed by atoms with Crippen molar-refractivity contribution >= 4 is 33.2 Å². The van der Waals surface area contributed by atoms with E-state index in [4.69, 9.17) is 5.11 Å². The first kappa shape index (κ1) is 14.6. The number of carbonyl (C=O) groups is 2. The predicted molar refractivity (Wildman–Crippen MR) is 65.1 cm³/mol. The second-order valence-electron chi connectivity index (χ2n) is 3.38. The number of aromatic carboxylic acids is 1. The molecule has 0 radical (unpaired) electrons. The molecule has 18 heavy (non-hydrogen) atoms. The number of carboxylic acid groups (broad SMARTS) is 1. The molecule has 100 valence electrons. The minimum Gasteiger partial charge on any atom is -0.477 e. The molecule has 1 atom stereocenters. The maximum atomic E-state index is 11.9. The van der Waals surface area contributed by atoms with Crippen molar-refractivity contribution in [2.24, 2.45) is 0 Å². The van der Waals surface area contributed by atoms with Gasteiger partial charge in [-0.3, -0.25) is 4.79 Å². The molecule has 1 rings (SSSR count). The second-order valence-corrected chi connectivity index (χ2v) is 5.97. The number of nitrogens with one attached hydrogen (secondary N) is 2. The number of rotatable bonds is 5. The summed E-state index contributed by atoms with van der Waals surface area (Å²) in [7, 11) is -2.65. The average molecular weight is 292 g/mol. The highest BCUT2D eigenvalue weighted by Crippen LogP contribution is 2.21. The van der Waals surface area contributed by atoms with Crippen molar-refractivity contribution in [2.75, 3.05) is 7.05 Å². The van der Waals surface area contributed by atoms with Crippen LogP contribution in [0, 0.1) is 0 Å². The van der Waals surface area contributed by atoms with Gasteiger partial charge in [0.2, 0.25) is 15.9 Å². The van der Waals surface area contributed by atoms with Crippen LogP contribution in [0.2, 0.25) is 0 Å². The van der Waals surface area contributed by atoms with Gasteiger partial charge in [-0.1, -0.05) is 0 Å². The molecule has 1 unspecified atom stereocenters. The number of likely N-dealkylation sites (N-methyl/N-ethyl adjacent to an activating group) is 1. The van der Waals surface area contributed by atoms with Crippen LogP contribution in [0.25, 0.3) is 0 Å². The number of hydrogen-bond acceptors (Lipinski definition) is 5. The van der Waals surface area contributed by atoms with Crippen molar-refractivity contribution in [3.05, 3.63) is 16.3 Å². The lowest BCUT2D eigenvalue weighted by atomic mass is 10.3. The summed E-state index contributed by atoms with van der Waals surface area (Å²) in [4.78, 5) is 21.4. The Labute approximate surface area is 108 Å². The molecule has 0 bridgehead atoms. The van der Waals surface area contributed by atoms with Gasteiger partial charge in [-0.25, -0.2) is 13.2 Å². The highest BCUT2D eigenvalue weighted by atomic mass is 32.2. The summed E-state index contributed by atoms with van der Waals surface area (Å²) in [5, 5.41) is 12.5. The van der Waals surface area contributed by atoms with E-state index in [-0.39, 0.29) is 9.77 Å². The van der Waals surface area contributed by atoms with Crippen molar-refractivity contribution < 1.29 is 23.1 Å². The molecule has 0 spiro atoms. The monoisotopic (exact) mass is 292 g/mol. The molecule has 7 nitrogen and oxygen atoms in total. The van der Waals surface area contributed by atoms with Crippen molar-refractivity contribution in [3.8, 4) is 0 Å². The SMILES string of the molecule is CNC(=O)C(C)NS(=O)(=O)c1ccsc1C(=O)O. The molecule has 1 heterocycles. The van der Waals surface area contributed by atoms with Crippen LogP contribution >= 0.6 is 11.3 Å². The minimum atomic E-state index is -4.03. The van der Waals surface area contributed by atoms with E-state index in [0.717, 1.165) is 11.3 Å². The van der Waals surface area contributed by atoms with E-state index in [9.17, 15) is 18.0 Å². The zero-order chi connectivity index (χ0) is 13.9. The van der Waals surface area contributed by atoms with E-state index in [0.29, 0.717) is 0 Å². The lowest BCUT2D eigenvalue weighted by Gasteiger charge is -2.12. The summed E-state index contributed by atoms with van der Waals surface area (Å²) in [5.41, 5.74) is 0. The van der Waals surface area contributed by atoms with Gasteiger partial charge in [0.15, 0.2) is 0 Å². The second kappa shape index (κ2) is 5.46. The molecule has 3 N–H and O–H groups in total. The largest absolute Gasteiger partial charge is 0.477 e. The third-order valence-corrected chi connectivity index (χ3v) is 4.70. The van der Waals surface area contributed by atoms with E-state index in [1.54, 1.807) is 0 Å². The molecule has 1 aromatic heterocycles. The first-order valence-corrected chi connectivity index (χ1v) is 7.20. The number of hydrogen-bond donors (Lipinski definition) is 3. The Kier molecular flexibility index (Phi) is 4.43. The molecule has 0 aliphatic heterocycles. The van der Waals surface area contributed by atoms with Gasteiger partial charge in [0.05, 0.1) is 6.04 Å². The Morgan fingerprint density at radius 3 is 2.56 bits per heavy atom. The van der Waals surface area contributed by atoms with E-state index in [1.165, 1.54) is 25.4 Å². The van der Waals surface area contributed by atoms with E-state index < -0.39 is 27.9 Å². The van der Waals surface area contributed by atoms with Gasteiger partial charge in [-0.15, -0.1) is 11.3 Å². The lowest BCUT2D eigenvalue weighted by molar-refractivity contribution is -0.121. The number of carbonyl (C=O) groups excluding carboxylic acids is 1. The highest BCUT2D eigenvalue weighted by Gasteiger charge is 2.27. The average Bonchev–Trinajstić information content (AvgIpc) is 2.76. The zero-order valence-corrected chi connectivity index (χ0v) is 11.3. The van der Waals surface area contributed by atoms with Crippen molar-refractivity contribution in [1.29, 1.82) is 0 Å². The summed E-state index contributed by atoms with van der Waals surface area (Å²) in [6, 6.07) is 0.203. The summed E-state index contributed by atoms with van der Waals surface area (Å²) >= 11 is 0.806. The molecule has 0 fully saturated rings. The van der Waals surface area contributed by atoms with Gasteiger partial charge in [0.1, 0.15) is 9.77 Å². The first-order chi connectivity index (χ1) is 8.29. The van der Waals surface area contributed by atoms with E-state index in [2.05, 4.69) is 10.0 Å². The van der Waals surface area contributed by atoms with Gasteiger partial charge in [-0.05, 0) is 18.4 Å². The molecule has 0 saturated heterocycles. The smallest absolute Gasteiger partial charge is 0.347 e. The molecule has 1 aromatic rings. The van der Waals surface area contributed by atoms with E-state index >= 15 is 0 Å². The van der Waals surface area contributed by atoms with Crippen LogP contribution in [0.1, 0.15) is 16.6 Å². The number of amides is 1. The fourth-order valence-electron chi connectivity index (χ4n) is 1.23. The van der Waals surface area contributed by atoms with Crippen LogP contribution in [0.15, 0.2) is 16.3 Å². The van der Waals surface area contributed by atoms with Gasteiger partial charge in [0.25, 0.3) is 0 Å². The normalized spacial score (nSPS) is 13.0. The van der Waals surface area contributed by atoms with E-state index in [1.807, 2.05) is 0 Å². The molecule has 0 saturated carbocycles. The number of sulfonamides is 1. The summed E-state index contributed by atoms with van der Waals surface area (Å²) in [6.07, 6.45) is 0. The molecular formula is C9H12N2O5S2. The molecule has 9 heteroatoms. The van der Waals surface area contributed by atoms with Crippen molar-refractivity contribution in [1.82, 2.24) is 10.0 Å². The quantitative estimate of drug-likeness (QED) is 0.699. The zero-order valence-electron chi connectivity index (χ0n) is 9.63. The van der Waals surface area contributed by atoms with Crippen LogP contribution in [0.3, 0.4) is 0 Å². The minimum absolute atomic E-state index is 0.286. The van der Waals surface area contributed by atoms with Crippen LogP contribution in [0.5, 0.6) is 0 Å². The lowest BCUT2D eigenvalue weighted by Crippen LogP contribution is -2.43. The topological polar surface area (TPSA) is 113 Å². The Bertz CT molecular complexity index is 563. The Hall–Kier alpha value is -1.45. The van der Waals surface area contributed by atoms with Crippen LogP contribution < -0.4 is 10.0 Å². The summed E-state index contributed by atoms with van der Waals surface area (Å²) < 4.78 is 25.9. The fourth-order valence-corrected chi connectivity index (χ4v) is 3.69. The first-order valence-electron chi connectivity index (χ1n) is 4.84. The fraction of sp³-hybridized carbons (Fsp3) is 0.333. The molecular weight excluding hydrogens is 280 g/mol. The van der Waals surface area contributed by atoms with Gasteiger partial charge in [0, 0.05) is 7.05 Å². The summed E-state index contributed by atoms with van der Waals surface area (Å²) in [5.74, 6) is -1.83. The Morgan fingerprint density at radius 1 is 1.44 bits per heavy atom. The summed E-state index contributed by atoms with van der Waals surface area (Å²) in [6.45, 7) is 1.36. The molecule has 0 aliphatic rings. The molecule has 1 amide bonds. The third-order valence-electron chi connectivity index (χ3n) is 2.08. The van der Waals surface area contributed by atoms with Crippen molar-refractivity contribution in [2.45, 2.75) is 17.9 Å². The Morgan fingerprint density at radius 2 is 2.06 bits per heavy atom. The maximum absolute atomic E-state index is 11.9. The van der Waals surface area contributed by atoms with Crippen molar-refractivity contribution in [3.63, 3.8) is 0 Å². The molecule has 0 aliphatic carbocycles. The highest BCUT2D eigenvalue weighted by molar-refractivity contribution is 7.89. The number of thiophene rings is 1. The Balaban J connectivity index is 3.04. The van der Waals surface area contributed by atoms with Gasteiger partial charge < -0.3 is 10.4 Å². The maximum Gasteiger partial charge on any atom is 0.347 e. The standard InChI is InChI=1S/C9H12N2O5S2/c1-5(8(12)10-2)11-18(15,16)6-3-4-17-7(6)9(13)14/h3-5,11H,1-2H3,(H,10,12)(H,13,14). The van der Waals surface area contributed by atoms with Crippen LogP contribution in [-0.2, 0) is 14.8 Å². The molecule has 0 aromatic carbocycles. The third kappa shape index (κ3) is 3.06. The van der Waals surface area contributed by atoms with Gasteiger partial charge in [-0.2, -0.15) is 4.72 Å². The van der Waals surface area contributed by atoms with Crippen LogP contribution in [-0.4, -0.2) is 38.5 Å². The predicted octanol–water partition coefficient (Wildman–Crippen LogP) is -0.141. The van der Waals surface area contributed by atoms with Crippen LogP contribution in [0.4, 0.5) is 0 Å². The van der Waals surface area contributed by atoms with Gasteiger partial charge >= 0.3 is 5.97 Å².